The van der Waals surface area contributed by atoms with Gasteiger partial charge in [0.15, 0.2) is 0 Å². The number of methoxy groups -OCH3 is 1. The van der Waals surface area contributed by atoms with E-state index in [4.69, 9.17) is 4.74 Å². The van der Waals surface area contributed by atoms with Crippen molar-refractivity contribution in [2.75, 3.05) is 7.11 Å². The first-order chi connectivity index (χ1) is 15.0. The molecule has 3 aromatic carbocycles. The van der Waals surface area contributed by atoms with Crippen molar-refractivity contribution in [3.05, 3.63) is 106 Å². The summed E-state index contributed by atoms with van der Waals surface area (Å²) in [5, 5.41) is 9.33. The third-order valence-electron chi connectivity index (χ3n) is 4.46. The van der Waals surface area contributed by atoms with Crippen molar-refractivity contribution >= 4 is 17.8 Å². The minimum atomic E-state index is -0.670. The van der Waals surface area contributed by atoms with Crippen LogP contribution in [0.1, 0.15) is 31.8 Å². The molecule has 0 aliphatic heterocycles. The summed E-state index contributed by atoms with van der Waals surface area (Å²) in [7, 11) is 1.33. The third kappa shape index (κ3) is 5.43. The molecule has 0 atom stereocenters. The highest BCUT2D eigenvalue weighted by Gasteiger charge is 2.16. The van der Waals surface area contributed by atoms with E-state index in [-0.39, 0.29) is 11.1 Å². The van der Waals surface area contributed by atoms with Crippen molar-refractivity contribution < 1.29 is 23.5 Å². The maximum atomic E-state index is 13.8. The number of rotatable bonds is 7. The molecule has 3 rings (SSSR count). The monoisotopic (exact) mass is 415 g/mol. The summed E-state index contributed by atoms with van der Waals surface area (Å²) in [6.45, 7) is 0.297. The number of nitriles is 1. The molecule has 0 fully saturated rings. The van der Waals surface area contributed by atoms with Gasteiger partial charge in [-0.1, -0.05) is 36.4 Å². The topological polar surface area (TPSA) is 76.4 Å². The predicted octanol–water partition coefficient (Wildman–Crippen LogP) is 4.98. The Morgan fingerprint density at radius 1 is 1.00 bits per heavy atom. The van der Waals surface area contributed by atoms with Crippen LogP contribution in [0, 0.1) is 17.1 Å². The Balaban J connectivity index is 1.66. The lowest BCUT2D eigenvalue weighted by Crippen LogP contribution is -2.04. The van der Waals surface area contributed by atoms with E-state index < -0.39 is 17.6 Å². The summed E-state index contributed by atoms with van der Waals surface area (Å²) < 4.78 is 24.2. The molecule has 0 radical (unpaired) electrons. The lowest BCUT2D eigenvalue weighted by molar-refractivity contribution is 0.0600. The van der Waals surface area contributed by atoms with Gasteiger partial charge < -0.3 is 9.47 Å². The molecular formula is C25H18FNO4. The second-order valence-electron chi connectivity index (χ2n) is 6.53. The number of carbonyl (C=O) groups is 2. The molecule has 0 amide bonds. The molecule has 6 heteroatoms. The van der Waals surface area contributed by atoms with Crippen LogP contribution in [0.5, 0.6) is 5.75 Å². The molecule has 0 unspecified atom stereocenters. The van der Waals surface area contributed by atoms with Gasteiger partial charge in [0.2, 0.25) is 5.78 Å². The number of hydrogen-bond acceptors (Lipinski definition) is 5. The molecule has 0 N–H and O–H groups in total. The van der Waals surface area contributed by atoms with Crippen LogP contribution < -0.4 is 4.74 Å². The van der Waals surface area contributed by atoms with E-state index in [0.717, 1.165) is 5.56 Å². The highest BCUT2D eigenvalue weighted by Crippen LogP contribution is 2.19. The van der Waals surface area contributed by atoms with Crippen molar-refractivity contribution in [3.8, 4) is 11.8 Å². The van der Waals surface area contributed by atoms with Crippen LogP contribution in [0.15, 0.2) is 78.4 Å². The van der Waals surface area contributed by atoms with Crippen LogP contribution in [0.4, 0.5) is 4.39 Å². The Kier molecular flexibility index (Phi) is 6.92. The van der Waals surface area contributed by atoms with E-state index in [1.807, 2.05) is 6.07 Å². The summed E-state index contributed by atoms with van der Waals surface area (Å²) in [4.78, 5) is 23.9. The Labute approximate surface area is 179 Å². The standard InChI is InChI=1S/C25H18FNO4/c1-30-25(29)19-10-6-18(7-11-19)16-31-21-12-8-17(9-13-21)14-20(15-27)24(28)22-4-2-3-5-23(22)26/h2-14H,16H2,1H3/b20-14+. The zero-order valence-electron chi connectivity index (χ0n) is 16.7. The zero-order chi connectivity index (χ0) is 22.2. The number of nitrogens with zero attached hydrogens (tertiary/aromatic N) is 1. The highest BCUT2D eigenvalue weighted by atomic mass is 19.1. The molecule has 0 spiro atoms. The molecule has 3 aromatic rings. The van der Waals surface area contributed by atoms with Crippen molar-refractivity contribution in [1.82, 2.24) is 0 Å². The summed E-state index contributed by atoms with van der Waals surface area (Å²) in [5.74, 6) is -1.15. The molecule has 154 valence electrons. The summed E-state index contributed by atoms with van der Waals surface area (Å²) >= 11 is 0. The van der Waals surface area contributed by atoms with Gasteiger partial charge in [0, 0.05) is 0 Å². The molecule has 0 heterocycles. The largest absolute Gasteiger partial charge is 0.489 e. The van der Waals surface area contributed by atoms with Crippen molar-refractivity contribution in [2.45, 2.75) is 6.61 Å². The normalized spacial score (nSPS) is 10.8. The van der Waals surface area contributed by atoms with Gasteiger partial charge in [0.05, 0.1) is 18.2 Å². The number of allylic oxidation sites excluding steroid dienone is 1. The van der Waals surface area contributed by atoms with E-state index in [2.05, 4.69) is 4.74 Å². The molecule has 0 bridgehead atoms. The first kappa shape index (κ1) is 21.5. The Bertz CT molecular complexity index is 1160. The molecule has 0 saturated heterocycles. The van der Waals surface area contributed by atoms with Crippen LogP contribution in [-0.4, -0.2) is 18.9 Å². The van der Waals surface area contributed by atoms with Gasteiger partial charge in [-0.15, -0.1) is 0 Å². The maximum absolute atomic E-state index is 13.8. The summed E-state index contributed by atoms with van der Waals surface area (Å²) in [6, 6.07) is 21.1. The molecule has 0 aliphatic rings. The van der Waals surface area contributed by atoms with Gasteiger partial charge in [-0.2, -0.15) is 5.26 Å². The quantitative estimate of drug-likeness (QED) is 0.235. The van der Waals surface area contributed by atoms with Crippen molar-refractivity contribution in [3.63, 3.8) is 0 Å². The van der Waals surface area contributed by atoms with E-state index in [9.17, 15) is 19.2 Å². The second-order valence-corrected chi connectivity index (χ2v) is 6.53. The van der Waals surface area contributed by atoms with E-state index in [1.165, 1.54) is 31.4 Å². The highest BCUT2D eigenvalue weighted by molar-refractivity contribution is 6.14. The van der Waals surface area contributed by atoms with Gasteiger partial charge in [-0.3, -0.25) is 4.79 Å². The molecule has 0 saturated carbocycles. The van der Waals surface area contributed by atoms with Gasteiger partial charge in [-0.25, -0.2) is 9.18 Å². The number of ether oxygens (including phenoxy) is 2. The molecule has 31 heavy (non-hydrogen) atoms. The molecule has 0 aliphatic carbocycles. The minimum absolute atomic E-state index is 0.145. The average molecular weight is 415 g/mol. The molecule has 0 aromatic heterocycles. The molecule has 5 nitrogen and oxygen atoms in total. The van der Waals surface area contributed by atoms with Crippen LogP contribution in [-0.2, 0) is 11.3 Å². The Morgan fingerprint density at radius 2 is 1.68 bits per heavy atom. The summed E-state index contributed by atoms with van der Waals surface area (Å²) in [5.41, 5.74) is 1.63. The lowest BCUT2D eigenvalue weighted by atomic mass is 10.0. The average Bonchev–Trinajstić information content (AvgIpc) is 2.81. The number of carbonyl (C=O) groups excluding carboxylic acids is 2. The smallest absolute Gasteiger partial charge is 0.337 e. The first-order valence-electron chi connectivity index (χ1n) is 9.33. The van der Waals surface area contributed by atoms with Crippen molar-refractivity contribution in [1.29, 1.82) is 5.26 Å². The van der Waals surface area contributed by atoms with E-state index in [1.54, 1.807) is 54.6 Å². The number of benzene rings is 3. The fourth-order valence-electron chi connectivity index (χ4n) is 2.79. The van der Waals surface area contributed by atoms with Crippen molar-refractivity contribution in [2.24, 2.45) is 0 Å². The van der Waals surface area contributed by atoms with Crippen LogP contribution >= 0.6 is 0 Å². The van der Waals surface area contributed by atoms with Gasteiger partial charge in [0.25, 0.3) is 0 Å². The fraction of sp³-hybridized carbons (Fsp3) is 0.0800. The second kappa shape index (κ2) is 9.99. The number of ketones is 1. The van der Waals surface area contributed by atoms with Crippen LogP contribution in [0.3, 0.4) is 0 Å². The van der Waals surface area contributed by atoms with Gasteiger partial charge >= 0.3 is 5.97 Å². The number of halogens is 1. The Morgan fingerprint density at radius 3 is 2.29 bits per heavy atom. The minimum Gasteiger partial charge on any atom is -0.489 e. The third-order valence-corrected chi connectivity index (χ3v) is 4.46. The number of hydrogen-bond donors (Lipinski definition) is 0. The number of Topliss-reactive ketones (excluding diaryl/α,β-unsaturated/α-hetero) is 1. The number of esters is 1. The first-order valence-corrected chi connectivity index (χ1v) is 9.33. The fourth-order valence-corrected chi connectivity index (χ4v) is 2.79. The van der Waals surface area contributed by atoms with E-state index >= 15 is 0 Å². The van der Waals surface area contributed by atoms with E-state index in [0.29, 0.717) is 23.5 Å². The van der Waals surface area contributed by atoms with Gasteiger partial charge in [0.1, 0.15) is 29.8 Å². The zero-order valence-corrected chi connectivity index (χ0v) is 16.7. The predicted molar refractivity (Wildman–Crippen MR) is 113 cm³/mol. The lowest BCUT2D eigenvalue weighted by Gasteiger charge is -2.07. The Hall–Kier alpha value is -4.24. The van der Waals surface area contributed by atoms with Crippen LogP contribution in [0.2, 0.25) is 0 Å². The van der Waals surface area contributed by atoms with Crippen LogP contribution in [0.25, 0.3) is 6.08 Å². The maximum Gasteiger partial charge on any atom is 0.337 e. The SMILES string of the molecule is COC(=O)c1ccc(COc2ccc(/C=C(\C#N)C(=O)c3ccccc3F)cc2)cc1. The summed E-state index contributed by atoms with van der Waals surface area (Å²) in [6.07, 6.45) is 1.41. The molecular weight excluding hydrogens is 397 g/mol. The van der Waals surface area contributed by atoms with Gasteiger partial charge in [-0.05, 0) is 53.6 Å².